The second-order valence-corrected chi connectivity index (χ2v) is 3.46. The monoisotopic (exact) mass is 246 g/mol. The van der Waals surface area contributed by atoms with Gasteiger partial charge in [-0.2, -0.15) is 0 Å². The number of ether oxygens (including phenoxy) is 1. The molecular formula is C11H10N4O3. The molecule has 0 spiro atoms. The van der Waals surface area contributed by atoms with Gasteiger partial charge in [0.15, 0.2) is 5.78 Å². The molecular weight excluding hydrogens is 236 g/mol. The molecule has 18 heavy (non-hydrogen) atoms. The van der Waals surface area contributed by atoms with E-state index in [1.165, 1.54) is 31.2 Å². The quantitative estimate of drug-likeness (QED) is 0.583. The van der Waals surface area contributed by atoms with E-state index >= 15 is 0 Å². The highest BCUT2D eigenvalue weighted by Gasteiger charge is 2.12. The van der Waals surface area contributed by atoms with Gasteiger partial charge >= 0.3 is 5.97 Å². The van der Waals surface area contributed by atoms with Gasteiger partial charge in [-0.3, -0.25) is 9.78 Å². The summed E-state index contributed by atoms with van der Waals surface area (Å²) in [6.45, 7) is 1.44. The molecule has 0 aliphatic carbocycles. The van der Waals surface area contributed by atoms with Crippen molar-refractivity contribution in [1.29, 1.82) is 0 Å². The van der Waals surface area contributed by atoms with Gasteiger partial charge in [0.05, 0.1) is 19.0 Å². The van der Waals surface area contributed by atoms with Crippen molar-refractivity contribution < 1.29 is 14.3 Å². The normalized spacial score (nSPS) is 10.1. The minimum atomic E-state index is -0.609. The highest BCUT2D eigenvalue weighted by atomic mass is 16.5. The molecule has 0 saturated carbocycles. The van der Waals surface area contributed by atoms with Gasteiger partial charge in [-0.15, -0.1) is 5.10 Å². The predicted octanol–water partition coefficient (Wildman–Crippen LogP) is 0.651. The molecule has 0 aliphatic rings. The Morgan fingerprint density at radius 3 is 2.61 bits per heavy atom. The van der Waals surface area contributed by atoms with Gasteiger partial charge in [-0.1, -0.05) is 0 Å². The van der Waals surface area contributed by atoms with Crippen LogP contribution in [0.5, 0.6) is 0 Å². The van der Waals surface area contributed by atoms with Crippen molar-refractivity contribution in [3.05, 3.63) is 36.2 Å². The van der Waals surface area contributed by atoms with Crippen LogP contribution in [0.15, 0.2) is 24.7 Å². The first kappa shape index (κ1) is 11.9. The van der Waals surface area contributed by atoms with Crippen LogP contribution < -0.4 is 0 Å². The second kappa shape index (κ2) is 4.74. The molecule has 0 amide bonds. The Balaban J connectivity index is 2.29. The highest BCUT2D eigenvalue weighted by Crippen LogP contribution is 2.06. The number of ketones is 1. The van der Waals surface area contributed by atoms with Crippen molar-refractivity contribution in [3.63, 3.8) is 0 Å². The third kappa shape index (κ3) is 2.24. The molecule has 0 atom stereocenters. The molecule has 2 aromatic rings. The van der Waals surface area contributed by atoms with Crippen LogP contribution in [0.25, 0.3) is 5.69 Å². The van der Waals surface area contributed by atoms with E-state index in [2.05, 4.69) is 19.8 Å². The molecule has 92 valence electrons. The first-order valence-electron chi connectivity index (χ1n) is 5.09. The van der Waals surface area contributed by atoms with Crippen molar-refractivity contribution in [1.82, 2.24) is 19.7 Å². The predicted molar refractivity (Wildman–Crippen MR) is 60.5 cm³/mol. The zero-order valence-electron chi connectivity index (χ0n) is 9.82. The smallest absolute Gasteiger partial charge is 0.377 e. The number of rotatable bonds is 3. The van der Waals surface area contributed by atoms with Gasteiger partial charge in [-0.05, 0) is 12.1 Å². The first-order valence-corrected chi connectivity index (χ1v) is 5.09. The summed E-state index contributed by atoms with van der Waals surface area (Å²) in [5.41, 5.74) is 0.967. The Hall–Kier alpha value is -2.57. The minimum absolute atomic E-state index is 0.0341. The summed E-state index contributed by atoms with van der Waals surface area (Å²) in [6, 6.07) is 3.25. The molecule has 2 heterocycles. The number of aromatic nitrogens is 4. The Morgan fingerprint density at radius 2 is 2.06 bits per heavy atom. The van der Waals surface area contributed by atoms with Gasteiger partial charge < -0.3 is 4.74 Å². The number of Topliss-reactive ketones (excluding diaryl/α,β-unsaturated/α-hetero) is 1. The molecule has 2 aromatic heterocycles. The minimum Gasteiger partial charge on any atom is -0.463 e. The lowest BCUT2D eigenvalue weighted by atomic mass is 10.2. The summed E-state index contributed by atoms with van der Waals surface area (Å²) in [5.74, 6) is -0.759. The maximum absolute atomic E-state index is 11.2. The second-order valence-electron chi connectivity index (χ2n) is 3.46. The van der Waals surface area contributed by atoms with E-state index < -0.39 is 5.97 Å². The Labute approximate surface area is 102 Å². The van der Waals surface area contributed by atoms with Gasteiger partial charge in [0, 0.05) is 6.92 Å². The average Bonchev–Trinajstić information content (AvgIpc) is 2.87. The molecule has 7 heteroatoms. The van der Waals surface area contributed by atoms with Gasteiger partial charge in [0.2, 0.25) is 0 Å². The lowest BCUT2D eigenvalue weighted by Gasteiger charge is -2.00. The van der Waals surface area contributed by atoms with Crippen LogP contribution in [0.3, 0.4) is 0 Å². The van der Waals surface area contributed by atoms with Crippen LogP contribution in [0.4, 0.5) is 0 Å². The third-order valence-corrected chi connectivity index (χ3v) is 2.23. The molecule has 2 rings (SSSR count). The molecule has 7 nitrogen and oxygen atoms in total. The van der Waals surface area contributed by atoms with Crippen molar-refractivity contribution in [2.75, 3.05) is 7.11 Å². The Morgan fingerprint density at radius 1 is 1.28 bits per heavy atom. The van der Waals surface area contributed by atoms with Crippen molar-refractivity contribution >= 4 is 11.8 Å². The number of carbonyl (C=O) groups excluding carboxylic acids is 2. The SMILES string of the molecule is COC(=O)c1ncn(-c2ccc(C(C)=O)nc2)n1. The summed E-state index contributed by atoms with van der Waals surface area (Å²) in [6.07, 6.45) is 2.85. The number of esters is 1. The van der Waals surface area contributed by atoms with Crippen molar-refractivity contribution in [2.45, 2.75) is 6.92 Å². The summed E-state index contributed by atoms with van der Waals surface area (Å²) < 4.78 is 5.88. The van der Waals surface area contributed by atoms with Gasteiger partial charge in [-0.25, -0.2) is 14.5 Å². The van der Waals surface area contributed by atoms with Gasteiger partial charge in [0.25, 0.3) is 5.82 Å². The fraction of sp³-hybridized carbons (Fsp3) is 0.182. The fourth-order valence-corrected chi connectivity index (χ4v) is 1.30. The van der Waals surface area contributed by atoms with Crippen molar-refractivity contribution in [3.8, 4) is 5.69 Å². The molecule has 0 N–H and O–H groups in total. The largest absolute Gasteiger partial charge is 0.463 e. The summed E-state index contributed by atoms with van der Waals surface area (Å²) in [4.78, 5) is 30.0. The highest BCUT2D eigenvalue weighted by molar-refractivity contribution is 5.92. The van der Waals surface area contributed by atoms with Crippen LogP contribution in [-0.2, 0) is 4.74 Å². The number of hydrogen-bond acceptors (Lipinski definition) is 6. The van der Waals surface area contributed by atoms with Crippen LogP contribution in [-0.4, -0.2) is 38.6 Å². The Kier molecular flexibility index (Phi) is 3.13. The van der Waals surface area contributed by atoms with E-state index in [0.717, 1.165) is 0 Å². The number of nitrogens with zero attached hydrogens (tertiary/aromatic N) is 4. The lowest BCUT2D eigenvalue weighted by Crippen LogP contribution is -2.05. The van der Waals surface area contributed by atoms with E-state index in [4.69, 9.17) is 0 Å². The van der Waals surface area contributed by atoms with E-state index in [9.17, 15) is 9.59 Å². The third-order valence-electron chi connectivity index (χ3n) is 2.23. The number of pyridine rings is 1. The molecule has 0 saturated heterocycles. The van der Waals surface area contributed by atoms with Crippen LogP contribution in [0.1, 0.15) is 28.0 Å². The zero-order chi connectivity index (χ0) is 13.1. The van der Waals surface area contributed by atoms with Gasteiger partial charge in [0.1, 0.15) is 12.0 Å². The maximum Gasteiger partial charge on any atom is 0.377 e. The summed E-state index contributed by atoms with van der Waals surface area (Å²) in [5, 5.41) is 3.93. The zero-order valence-corrected chi connectivity index (χ0v) is 9.82. The number of hydrogen-bond donors (Lipinski definition) is 0. The first-order chi connectivity index (χ1) is 8.61. The van der Waals surface area contributed by atoms with E-state index in [0.29, 0.717) is 11.4 Å². The average molecular weight is 246 g/mol. The van der Waals surface area contributed by atoms with Crippen LogP contribution >= 0.6 is 0 Å². The van der Waals surface area contributed by atoms with E-state index in [1.54, 1.807) is 12.1 Å². The molecule has 0 fully saturated rings. The molecule has 0 radical (unpaired) electrons. The number of carbonyl (C=O) groups is 2. The standard InChI is InChI=1S/C11H10N4O3/c1-7(16)9-4-3-8(5-12-9)15-6-13-10(14-15)11(17)18-2/h3-6H,1-2H3. The maximum atomic E-state index is 11.2. The topological polar surface area (TPSA) is 87.0 Å². The molecule has 0 bridgehead atoms. The molecule has 0 aromatic carbocycles. The van der Waals surface area contributed by atoms with E-state index in [1.807, 2.05) is 0 Å². The summed E-state index contributed by atoms with van der Waals surface area (Å²) >= 11 is 0. The molecule has 0 aliphatic heterocycles. The molecule has 0 unspecified atom stereocenters. The van der Waals surface area contributed by atoms with Crippen LogP contribution in [0, 0.1) is 0 Å². The summed E-state index contributed by atoms with van der Waals surface area (Å²) in [7, 11) is 1.26. The van der Waals surface area contributed by atoms with Crippen molar-refractivity contribution in [2.24, 2.45) is 0 Å². The Bertz CT molecular complexity index is 589. The van der Waals surface area contributed by atoms with E-state index in [-0.39, 0.29) is 11.6 Å². The lowest BCUT2D eigenvalue weighted by molar-refractivity contribution is 0.0587. The van der Waals surface area contributed by atoms with Crippen LogP contribution in [0.2, 0.25) is 0 Å². The number of methoxy groups -OCH3 is 1. The fourth-order valence-electron chi connectivity index (χ4n) is 1.30.